The second-order valence-electron chi connectivity index (χ2n) is 10.6. The molecule has 4 aromatic heterocycles. The molecular formula is C38H22N4S2. The summed E-state index contributed by atoms with van der Waals surface area (Å²) in [4.78, 5) is 22.8. The van der Waals surface area contributed by atoms with Gasteiger partial charge in [-0.1, -0.05) is 121 Å². The minimum atomic E-state index is 0.686. The van der Waals surface area contributed by atoms with Crippen LogP contribution >= 0.6 is 22.7 Å². The quantitative estimate of drug-likeness (QED) is 0.202. The number of nitrogens with zero attached hydrogens (tertiary/aromatic N) is 4. The number of fused-ring (bicyclic) bond motifs is 6. The molecule has 0 bridgehead atoms. The Kier molecular flexibility index (Phi) is 5.82. The second kappa shape index (κ2) is 10.2. The molecule has 0 unspecified atom stereocenters. The molecule has 0 amide bonds. The summed E-state index contributed by atoms with van der Waals surface area (Å²) in [6.07, 6.45) is 0. The average Bonchev–Trinajstić information content (AvgIpc) is 3.66. The Hall–Kier alpha value is -5.30. The molecule has 0 saturated carbocycles. The Labute approximate surface area is 261 Å². The van der Waals surface area contributed by atoms with Crippen molar-refractivity contribution >= 4 is 63.3 Å². The van der Waals surface area contributed by atoms with E-state index in [0.717, 1.165) is 59.5 Å². The van der Waals surface area contributed by atoms with E-state index in [0.29, 0.717) is 11.6 Å². The number of rotatable bonds is 4. The van der Waals surface area contributed by atoms with Gasteiger partial charge in [0.05, 0.1) is 11.4 Å². The van der Waals surface area contributed by atoms with Crippen molar-refractivity contribution in [1.29, 1.82) is 0 Å². The van der Waals surface area contributed by atoms with E-state index in [1.165, 1.54) is 14.8 Å². The maximum atomic E-state index is 5.32. The Morgan fingerprint density at radius 1 is 0.364 bits per heavy atom. The number of benzene rings is 5. The van der Waals surface area contributed by atoms with Gasteiger partial charge in [0.25, 0.3) is 0 Å². The molecule has 0 atom stereocenters. The van der Waals surface area contributed by atoms with E-state index in [1.807, 2.05) is 24.3 Å². The number of thiophene rings is 2. The highest BCUT2D eigenvalue weighted by Gasteiger charge is 2.22. The summed E-state index contributed by atoms with van der Waals surface area (Å²) in [5.41, 5.74) is 5.82. The second-order valence-corrected chi connectivity index (χ2v) is 12.7. The molecular weight excluding hydrogens is 577 g/mol. The van der Waals surface area contributed by atoms with Crippen molar-refractivity contribution in [3.63, 3.8) is 0 Å². The third-order valence-electron chi connectivity index (χ3n) is 7.98. The zero-order chi connectivity index (χ0) is 29.0. The van der Waals surface area contributed by atoms with Crippen molar-refractivity contribution in [1.82, 2.24) is 19.9 Å². The van der Waals surface area contributed by atoms with E-state index in [2.05, 4.69) is 109 Å². The summed E-state index contributed by atoms with van der Waals surface area (Å²) < 4.78 is 2.39. The smallest absolute Gasteiger partial charge is 0.162 e. The van der Waals surface area contributed by atoms with E-state index in [9.17, 15) is 0 Å². The lowest BCUT2D eigenvalue weighted by atomic mass is 9.99. The normalized spacial score (nSPS) is 11.6. The zero-order valence-corrected chi connectivity index (χ0v) is 24.9. The molecule has 5 aromatic carbocycles. The molecule has 0 fully saturated rings. The summed E-state index contributed by atoms with van der Waals surface area (Å²) >= 11 is 3.42. The minimum Gasteiger partial charge on any atom is -0.227 e. The third kappa shape index (κ3) is 4.03. The van der Waals surface area contributed by atoms with Crippen LogP contribution in [0.4, 0.5) is 0 Å². The van der Waals surface area contributed by atoms with Crippen LogP contribution in [0.15, 0.2) is 133 Å². The SMILES string of the molecule is c1ccc(-c2nc(-c3ccccc3-c3nc(-c4ccccc4)c4c(n3)sc3ccccc34)c3c(n2)sc2ccccc23)cc1. The molecule has 0 aliphatic carbocycles. The van der Waals surface area contributed by atoms with Crippen LogP contribution in [-0.2, 0) is 0 Å². The number of hydrogen-bond acceptors (Lipinski definition) is 6. The Balaban J connectivity index is 1.36. The molecule has 0 aliphatic heterocycles. The van der Waals surface area contributed by atoms with Crippen LogP contribution in [-0.4, -0.2) is 19.9 Å². The van der Waals surface area contributed by atoms with Gasteiger partial charge in [0.1, 0.15) is 9.66 Å². The summed E-state index contributed by atoms with van der Waals surface area (Å²) in [5.74, 6) is 1.39. The summed E-state index contributed by atoms with van der Waals surface area (Å²) in [6.45, 7) is 0. The zero-order valence-electron chi connectivity index (χ0n) is 23.3. The summed E-state index contributed by atoms with van der Waals surface area (Å²) in [7, 11) is 0. The largest absolute Gasteiger partial charge is 0.227 e. The highest BCUT2D eigenvalue weighted by molar-refractivity contribution is 7.26. The minimum absolute atomic E-state index is 0.686. The topological polar surface area (TPSA) is 51.6 Å². The van der Waals surface area contributed by atoms with E-state index in [4.69, 9.17) is 19.9 Å². The highest BCUT2D eigenvalue weighted by atomic mass is 32.1. The van der Waals surface area contributed by atoms with E-state index < -0.39 is 0 Å². The lowest BCUT2D eigenvalue weighted by Gasteiger charge is -2.13. The van der Waals surface area contributed by atoms with E-state index in [1.54, 1.807) is 22.7 Å². The first-order valence-electron chi connectivity index (χ1n) is 14.4. The maximum Gasteiger partial charge on any atom is 0.162 e. The molecule has 4 heterocycles. The summed E-state index contributed by atoms with van der Waals surface area (Å²) in [6, 6.07) is 46.0. The van der Waals surface area contributed by atoms with Crippen LogP contribution in [0.1, 0.15) is 0 Å². The van der Waals surface area contributed by atoms with Crippen molar-refractivity contribution in [2.75, 3.05) is 0 Å². The van der Waals surface area contributed by atoms with E-state index >= 15 is 0 Å². The molecule has 4 nitrogen and oxygen atoms in total. The third-order valence-corrected chi connectivity index (χ3v) is 10.1. The van der Waals surface area contributed by atoms with Crippen molar-refractivity contribution in [3.8, 4) is 45.3 Å². The Morgan fingerprint density at radius 2 is 0.841 bits per heavy atom. The molecule has 0 aliphatic rings. The first-order chi connectivity index (χ1) is 21.8. The predicted molar refractivity (Wildman–Crippen MR) is 185 cm³/mol. The lowest BCUT2D eigenvalue weighted by Crippen LogP contribution is -1.98. The van der Waals surface area contributed by atoms with Gasteiger partial charge in [0.15, 0.2) is 11.6 Å². The van der Waals surface area contributed by atoms with Crippen LogP contribution in [0, 0.1) is 0 Å². The van der Waals surface area contributed by atoms with Gasteiger partial charge >= 0.3 is 0 Å². The molecule has 44 heavy (non-hydrogen) atoms. The maximum absolute atomic E-state index is 5.32. The van der Waals surface area contributed by atoms with E-state index in [-0.39, 0.29) is 0 Å². The van der Waals surface area contributed by atoms with Gasteiger partial charge in [0.2, 0.25) is 0 Å². The molecule has 6 heteroatoms. The van der Waals surface area contributed by atoms with Gasteiger partial charge in [-0.05, 0) is 12.1 Å². The molecule has 206 valence electrons. The van der Waals surface area contributed by atoms with Crippen LogP contribution in [0.2, 0.25) is 0 Å². The fraction of sp³-hybridized carbons (Fsp3) is 0. The fourth-order valence-corrected chi connectivity index (χ4v) is 8.12. The molecule has 9 aromatic rings. The molecule has 0 radical (unpaired) electrons. The highest BCUT2D eigenvalue weighted by Crippen LogP contribution is 2.44. The van der Waals surface area contributed by atoms with Crippen molar-refractivity contribution < 1.29 is 0 Å². The van der Waals surface area contributed by atoms with Gasteiger partial charge < -0.3 is 0 Å². The van der Waals surface area contributed by atoms with Crippen molar-refractivity contribution in [2.45, 2.75) is 0 Å². The average molecular weight is 599 g/mol. The van der Waals surface area contributed by atoms with Gasteiger partial charge in [-0.2, -0.15) is 0 Å². The first-order valence-corrected chi connectivity index (χ1v) is 16.0. The van der Waals surface area contributed by atoms with Crippen molar-refractivity contribution in [3.05, 3.63) is 133 Å². The fourth-order valence-electron chi connectivity index (χ4n) is 5.97. The molecule has 0 saturated heterocycles. The predicted octanol–water partition coefficient (Wildman–Crippen LogP) is 10.7. The molecule has 9 rings (SSSR count). The lowest BCUT2D eigenvalue weighted by molar-refractivity contribution is 1.22. The van der Waals surface area contributed by atoms with Gasteiger partial charge in [0, 0.05) is 53.2 Å². The van der Waals surface area contributed by atoms with Gasteiger partial charge in [-0.15, -0.1) is 22.7 Å². The van der Waals surface area contributed by atoms with Crippen molar-refractivity contribution in [2.24, 2.45) is 0 Å². The Morgan fingerprint density at radius 3 is 1.50 bits per heavy atom. The van der Waals surface area contributed by atoms with Crippen LogP contribution in [0.5, 0.6) is 0 Å². The molecule has 0 spiro atoms. The molecule has 0 N–H and O–H groups in total. The number of aromatic nitrogens is 4. The standard InChI is InChI=1S/C38H22N4S2/c1-3-13-23(14-4-1)33-31-27-19-9-11-21-29(27)43-37(31)42-36(39-33)26-18-8-7-17-25(26)34-32-28-20-10-12-22-30(28)44-38(32)41-35(40-34)24-15-5-2-6-16-24/h1-22H. The monoisotopic (exact) mass is 598 g/mol. The Bertz CT molecular complexity index is 2500. The summed E-state index contributed by atoms with van der Waals surface area (Å²) in [5, 5.41) is 4.49. The number of hydrogen-bond donors (Lipinski definition) is 0. The van der Waals surface area contributed by atoms with Crippen LogP contribution < -0.4 is 0 Å². The van der Waals surface area contributed by atoms with Gasteiger partial charge in [-0.3, -0.25) is 0 Å². The first kappa shape index (κ1) is 25.2. The van der Waals surface area contributed by atoms with Crippen LogP contribution in [0.25, 0.3) is 85.9 Å². The van der Waals surface area contributed by atoms with Gasteiger partial charge in [-0.25, -0.2) is 19.9 Å². The van der Waals surface area contributed by atoms with Crippen LogP contribution in [0.3, 0.4) is 0 Å².